The lowest BCUT2D eigenvalue weighted by atomic mass is 10.9. The standard InChI is InChI=1S/C5H6NOS/c1-2-7-5-6-3-4-8-5/h2-4H,1H3. The third-order valence-corrected chi connectivity index (χ3v) is 1.29. The van der Waals surface area contributed by atoms with Crippen molar-refractivity contribution in [2.45, 2.75) is 6.92 Å². The van der Waals surface area contributed by atoms with Crippen molar-refractivity contribution < 1.29 is 4.74 Å². The van der Waals surface area contributed by atoms with Crippen molar-refractivity contribution in [3.8, 4) is 5.19 Å². The van der Waals surface area contributed by atoms with E-state index in [0.29, 0.717) is 5.19 Å². The van der Waals surface area contributed by atoms with E-state index >= 15 is 0 Å². The molecule has 0 bridgehead atoms. The van der Waals surface area contributed by atoms with E-state index in [4.69, 9.17) is 4.74 Å². The van der Waals surface area contributed by atoms with Gasteiger partial charge in [-0.25, -0.2) is 4.98 Å². The van der Waals surface area contributed by atoms with Crippen LogP contribution in [-0.4, -0.2) is 4.98 Å². The van der Waals surface area contributed by atoms with E-state index < -0.39 is 0 Å². The van der Waals surface area contributed by atoms with Gasteiger partial charge in [0.15, 0.2) is 0 Å². The van der Waals surface area contributed by atoms with Crippen LogP contribution in [0.4, 0.5) is 0 Å². The van der Waals surface area contributed by atoms with Gasteiger partial charge < -0.3 is 4.74 Å². The lowest BCUT2D eigenvalue weighted by Crippen LogP contribution is -1.81. The Morgan fingerprint density at radius 2 is 2.75 bits per heavy atom. The summed E-state index contributed by atoms with van der Waals surface area (Å²) in [6, 6.07) is 0. The molecule has 0 unspecified atom stereocenters. The van der Waals surface area contributed by atoms with Crippen molar-refractivity contribution >= 4 is 11.3 Å². The van der Waals surface area contributed by atoms with Crippen LogP contribution in [0.1, 0.15) is 6.92 Å². The molecule has 0 aromatic carbocycles. The molecule has 0 saturated carbocycles. The molecule has 1 rings (SSSR count). The van der Waals surface area contributed by atoms with Gasteiger partial charge in [0.25, 0.3) is 5.19 Å². The van der Waals surface area contributed by atoms with Gasteiger partial charge in [-0.1, -0.05) is 11.3 Å². The molecule has 0 aliphatic rings. The number of thiazole rings is 1. The van der Waals surface area contributed by atoms with Crippen LogP contribution in [0.15, 0.2) is 11.6 Å². The van der Waals surface area contributed by atoms with Crippen LogP contribution in [-0.2, 0) is 0 Å². The van der Waals surface area contributed by atoms with Crippen LogP contribution in [0, 0.1) is 6.61 Å². The molecular weight excluding hydrogens is 122 g/mol. The van der Waals surface area contributed by atoms with E-state index in [-0.39, 0.29) is 0 Å². The Hall–Kier alpha value is -0.570. The van der Waals surface area contributed by atoms with Crippen LogP contribution in [0.2, 0.25) is 0 Å². The van der Waals surface area contributed by atoms with Crippen LogP contribution >= 0.6 is 11.3 Å². The van der Waals surface area contributed by atoms with Crippen molar-refractivity contribution in [1.82, 2.24) is 4.98 Å². The summed E-state index contributed by atoms with van der Waals surface area (Å²) in [5, 5.41) is 2.58. The van der Waals surface area contributed by atoms with Gasteiger partial charge in [-0.3, -0.25) is 0 Å². The van der Waals surface area contributed by atoms with Gasteiger partial charge in [0.1, 0.15) is 6.61 Å². The highest BCUT2D eigenvalue weighted by Gasteiger charge is 1.89. The fraction of sp³-hybridized carbons (Fsp3) is 0.200. The third-order valence-electron chi connectivity index (χ3n) is 0.628. The molecule has 0 saturated heterocycles. The van der Waals surface area contributed by atoms with Crippen LogP contribution in [0.3, 0.4) is 0 Å². The summed E-state index contributed by atoms with van der Waals surface area (Å²) in [5.74, 6) is 0. The Balaban J connectivity index is 2.50. The van der Waals surface area contributed by atoms with E-state index in [1.54, 1.807) is 12.8 Å². The first-order valence-corrected chi connectivity index (χ1v) is 3.15. The molecule has 0 amide bonds. The zero-order chi connectivity index (χ0) is 5.82. The quantitative estimate of drug-likeness (QED) is 0.604. The topological polar surface area (TPSA) is 22.1 Å². The highest BCUT2D eigenvalue weighted by molar-refractivity contribution is 7.11. The van der Waals surface area contributed by atoms with Crippen molar-refractivity contribution in [2.24, 2.45) is 0 Å². The average molecular weight is 128 g/mol. The highest BCUT2D eigenvalue weighted by Crippen LogP contribution is 2.13. The molecule has 0 spiro atoms. The van der Waals surface area contributed by atoms with Crippen LogP contribution in [0.5, 0.6) is 5.19 Å². The fourth-order valence-corrected chi connectivity index (χ4v) is 0.881. The summed E-state index contributed by atoms with van der Waals surface area (Å²) in [7, 11) is 0. The predicted octanol–water partition coefficient (Wildman–Crippen LogP) is 1.70. The summed E-state index contributed by atoms with van der Waals surface area (Å²) >= 11 is 1.48. The minimum absolute atomic E-state index is 0.701. The van der Waals surface area contributed by atoms with Gasteiger partial charge in [-0.05, 0) is 6.92 Å². The minimum Gasteiger partial charge on any atom is -0.463 e. The molecule has 1 aromatic heterocycles. The Labute approximate surface area is 52.1 Å². The second kappa shape index (κ2) is 2.67. The second-order valence-corrected chi connectivity index (χ2v) is 2.01. The summed E-state index contributed by atoms with van der Waals surface area (Å²) in [6.07, 6.45) is 1.71. The zero-order valence-electron chi connectivity index (χ0n) is 4.50. The van der Waals surface area contributed by atoms with Crippen molar-refractivity contribution in [1.29, 1.82) is 0 Å². The Morgan fingerprint density at radius 3 is 3.25 bits per heavy atom. The SMILES string of the molecule is C[CH]Oc1nccs1. The van der Waals surface area contributed by atoms with Gasteiger partial charge in [0, 0.05) is 11.6 Å². The summed E-state index contributed by atoms with van der Waals surface area (Å²) in [4.78, 5) is 3.87. The van der Waals surface area contributed by atoms with Gasteiger partial charge in [0.05, 0.1) is 0 Å². The van der Waals surface area contributed by atoms with E-state index in [1.165, 1.54) is 11.3 Å². The number of rotatable bonds is 2. The van der Waals surface area contributed by atoms with Gasteiger partial charge in [-0.15, -0.1) is 0 Å². The molecule has 0 aliphatic carbocycles. The molecule has 0 atom stereocenters. The van der Waals surface area contributed by atoms with E-state index in [0.717, 1.165) is 0 Å². The Morgan fingerprint density at radius 1 is 1.88 bits per heavy atom. The Kier molecular flexibility index (Phi) is 1.86. The second-order valence-electron chi connectivity index (χ2n) is 1.15. The lowest BCUT2D eigenvalue weighted by molar-refractivity contribution is 0.413. The maximum absolute atomic E-state index is 4.93. The van der Waals surface area contributed by atoms with E-state index in [1.807, 2.05) is 12.3 Å². The number of ether oxygens (including phenoxy) is 1. The van der Waals surface area contributed by atoms with Gasteiger partial charge >= 0.3 is 0 Å². The monoisotopic (exact) mass is 128 g/mol. The molecule has 0 aliphatic heterocycles. The molecule has 43 valence electrons. The summed E-state index contributed by atoms with van der Waals surface area (Å²) in [6.45, 7) is 3.43. The first kappa shape index (κ1) is 5.56. The van der Waals surface area contributed by atoms with E-state index in [2.05, 4.69) is 4.98 Å². The number of nitrogens with zero attached hydrogens (tertiary/aromatic N) is 1. The maximum Gasteiger partial charge on any atom is 0.273 e. The molecule has 0 fully saturated rings. The first-order valence-electron chi connectivity index (χ1n) is 2.27. The molecule has 3 heteroatoms. The van der Waals surface area contributed by atoms with E-state index in [9.17, 15) is 0 Å². The average Bonchev–Trinajstić information content (AvgIpc) is 2.19. The predicted molar refractivity (Wildman–Crippen MR) is 32.7 cm³/mol. The van der Waals surface area contributed by atoms with Crippen LogP contribution in [0.25, 0.3) is 0 Å². The molecule has 8 heavy (non-hydrogen) atoms. The highest BCUT2D eigenvalue weighted by atomic mass is 32.1. The van der Waals surface area contributed by atoms with Crippen LogP contribution < -0.4 is 4.74 Å². The zero-order valence-corrected chi connectivity index (χ0v) is 5.31. The summed E-state index contributed by atoms with van der Waals surface area (Å²) in [5.41, 5.74) is 0. The lowest BCUT2D eigenvalue weighted by Gasteiger charge is -1.90. The fourth-order valence-electron chi connectivity index (χ4n) is 0.369. The van der Waals surface area contributed by atoms with Crippen molar-refractivity contribution in [3.63, 3.8) is 0 Å². The molecule has 1 aromatic rings. The number of aromatic nitrogens is 1. The number of hydrogen-bond acceptors (Lipinski definition) is 3. The van der Waals surface area contributed by atoms with Gasteiger partial charge in [-0.2, -0.15) is 0 Å². The molecular formula is C5H6NOS. The Bertz CT molecular complexity index is 138. The van der Waals surface area contributed by atoms with Gasteiger partial charge in [0.2, 0.25) is 0 Å². The maximum atomic E-state index is 4.93. The first-order chi connectivity index (χ1) is 3.93. The smallest absolute Gasteiger partial charge is 0.273 e. The van der Waals surface area contributed by atoms with Crippen molar-refractivity contribution in [3.05, 3.63) is 18.2 Å². The largest absolute Gasteiger partial charge is 0.463 e. The molecule has 0 N–H and O–H groups in total. The number of hydrogen-bond donors (Lipinski definition) is 0. The third kappa shape index (κ3) is 1.20. The normalized spacial score (nSPS) is 9.12. The molecule has 1 radical (unpaired) electrons. The molecule has 2 nitrogen and oxygen atoms in total. The van der Waals surface area contributed by atoms with Crippen molar-refractivity contribution in [2.75, 3.05) is 0 Å². The minimum atomic E-state index is 0.701. The summed E-state index contributed by atoms with van der Waals surface area (Å²) < 4.78 is 4.93. The molecule has 1 heterocycles.